The summed E-state index contributed by atoms with van der Waals surface area (Å²) in [5, 5.41) is 11.9. The SMILES string of the molecule is O=C(NCC(=O)N1CC2(C[C@H]1C(=O)O)OCCO2)c1ccc(-c2ccc(F)cc2F)cc1. The molecule has 0 unspecified atom stereocenters. The van der Waals surface area contributed by atoms with Gasteiger partial charge in [-0.25, -0.2) is 13.6 Å². The molecule has 2 aromatic carbocycles. The highest BCUT2D eigenvalue weighted by Gasteiger charge is 2.52. The van der Waals surface area contributed by atoms with Crippen molar-refractivity contribution in [1.82, 2.24) is 10.2 Å². The number of likely N-dealkylation sites (tertiary alicyclic amines) is 1. The highest BCUT2D eigenvalue weighted by atomic mass is 19.1. The number of carbonyl (C=O) groups excluding carboxylic acids is 2. The van der Waals surface area contributed by atoms with E-state index >= 15 is 0 Å². The molecule has 2 fully saturated rings. The van der Waals surface area contributed by atoms with Crippen LogP contribution in [0, 0.1) is 11.6 Å². The van der Waals surface area contributed by atoms with Crippen LogP contribution < -0.4 is 5.32 Å². The van der Waals surface area contributed by atoms with Gasteiger partial charge in [0.15, 0.2) is 5.79 Å². The number of amides is 2. The quantitative estimate of drug-likeness (QED) is 0.726. The van der Waals surface area contributed by atoms with Crippen LogP contribution in [-0.2, 0) is 19.1 Å². The number of nitrogens with one attached hydrogen (secondary N) is 1. The molecule has 2 heterocycles. The maximum atomic E-state index is 13.9. The molecule has 2 aliphatic rings. The average Bonchev–Trinajstić information content (AvgIpc) is 3.39. The minimum Gasteiger partial charge on any atom is -0.480 e. The molecule has 0 aromatic heterocycles. The number of hydrogen-bond donors (Lipinski definition) is 2. The molecular formula is C22H20F2N2O6. The first-order valence-corrected chi connectivity index (χ1v) is 9.92. The first-order chi connectivity index (χ1) is 15.3. The van der Waals surface area contributed by atoms with E-state index in [0.29, 0.717) is 18.8 Å². The molecule has 8 nitrogen and oxygen atoms in total. The molecule has 4 rings (SSSR count). The van der Waals surface area contributed by atoms with Gasteiger partial charge in [0.1, 0.15) is 17.7 Å². The number of rotatable bonds is 5. The molecule has 0 aliphatic carbocycles. The van der Waals surface area contributed by atoms with Gasteiger partial charge in [0.2, 0.25) is 5.91 Å². The van der Waals surface area contributed by atoms with Crippen molar-refractivity contribution in [3.05, 3.63) is 59.7 Å². The second-order valence-electron chi connectivity index (χ2n) is 7.57. The third-order valence-corrected chi connectivity index (χ3v) is 5.50. The van der Waals surface area contributed by atoms with Crippen LogP contribution in [0.4, 0.5) is 8.78 Å². The maximum Gasteiger partial charge on any atom is 0.326 e. The number of carboxylic acid groups (broad SMARTS) is 1. The molecule has 32 heavy (non-hydrogen) atoms. The average molecular weight is 446 g/mol. The molecule has 2 amide bonds. The normalized spacial score (nSPS) is 19.3. The van der Waals surface area contributed by atoms with Gasteiger partial charge in [-0.2, -0.15) is 0 Å². The number of carboxylic acids is 1. The largest absolute Gasteiger partial charge is 0.480 e. The number of aliphatic carboxylic acids is 1. The van der Waals surface area contributed by atoms with E-state index in [-0.39, 0.29) is 24.1 Å². The van der Waals surface area contributed by atoms with Crippen LogP contribution in [0.2, 0.25) is 0 Å². The summed E-state index contributed by atoms with van der Waals surface area (Å²) in [6.45, 7) is 0.204. The van der Waals surface area contributed by atoms with Crippen molar-refractivity contribution >= 4 is 17.8 Å². The Morgan fingerprint density at radius 3 is 2.41 bits per heavy atom. The van der Waals surface area contributed by atoms with E-state index < -0.39 is 47.8 Å². The lowest BCUT2D eigenvalue weighted by atomic mass is 10.0. The van der Waals surface area contributed by atoms with Gasteiger partial charge in [-0.15, -0.1) is 0 Å². The summed E-state index contributed by atoms with van der Waals surface area (Å²) < 4.78 is 38.0. The number of nitrogens with zero attached hydrogens (tertiary/aromatic N) is 1. The van der Waals surface area contributed by atoms with Gasteiger partial charge in [0.25, 0.3) is 5.91 Å². The molecule has 0 radical (unpaired) electrons. The summed E-state index contributed by atoms with van der Waals surface area (Å²) in [6.07, 6.45) is 0.0173. The first-order valence-electron chi connectivity index (χ1n) is 9.92. The van der Waals surface area contributed by atoms with E-state index in [9.17, 15) is 28.3 Å². The number of carbonyl (C=O) groups is 3. The molecular weight excluding hydrogens is 426 g/mol. The summed E-state index contributed by atoms with van der Waals surface area (Å²) in [4.78, 5) is 37.7. The van der Waals surface area contributed by atoms with E-state index in [0.717, 1.165) is 17.0 Å². The molecule has 2 saturated heterocycles. The van der Waals surface area contributed by atoms with E-state index in [1.165, 1.54) is 30.3 Å². The highest BCUT2D eigenvalue weighted by molar-refractivity contribution is 5.97. The van der Waals surface area contributed by atoms with E-state index in [1.54, 1.807) is 0 Å². The third kappa shape index (κ3) is 4.32. The van der Waals surface area contributed by atoms with Gasteiger partial charge >= 0.3 is 5.97 Å². The van der Waals surface area contributed by atoms with Crippen molar-refractivity contribution in [1.29, 1.82) is 0 Å². The standard InChI is InChI=1S/C22H20F2N2O6/c23-15-5-6-16(17(24)9-15)13-1-3-14(4-2-13)20(28)25-11-19(27)26-12-22(31-7-8-32-22)10-18(26)21(29)30/h1-6,9,18H,7-8,10-12H2,(H,25,28)(H,29,30)/t18-/m0/s1. The Morgan fingerprint density at radius 1 is 1.09 bits per heavy atom. The Morgan fingerprint density at radius 2 is 1.78 bits per heavy atom. The van der Waals surface area contributed by atoms with E-state index in [4.69, 9.17) is 9.47 Å². The lowest BCUT2D eigenvalue weighted by Crippen LogP contribution is -2.46. The zero-order chi connectivity index (χ0) is 22.9. The van der Waals surface area contributed by atoms with Crippen LogP contribution in [0.5, 0.6) is 0 Å². The molecule has 10 heteroatoms. The molecule has 2 N–H and O–H groups in total. The van der Waals surface area contributed by atoms with Crippen LogP contribution in [0.25, 0.3) is 11.1 Å². The summed E-state index contributed by atoms with van der Waals surface area (Å²) in [5.74, 6) is -4.84. The fraction of sp³-hybridized carbons (Fsp3) is 0.318. The summed E-state index contributed by atoms with van der Waals surface area (Å²) in [6, 6.07) is 8.01. The van der Waals surface area contributed by atoms with Crippen LogP contribution in [0.1, 0.15) is 16.8 Å². The lowest BCUT2D eigenvalue weighted by molar-refractivity contribution is -0.152. The maximum absolute atomic E-state index is 13.9. The number of benzene rings is 2. The molecule has 0 saturated carbocycles. The van der Waals surface area contributed by atoms with Gasteiger partial charge in [-0.1, -0.05) is 12.1 Å². The summed E-state index contributed by atoms with van der Waals surface area (Å²) >= 11 is 0. The monoisotopic (exact) mass is 446 g/mol. The third-order valence-electron chi connectivity index (χ3n) is 5.50. The van der Waals surface area contributed by atoms with Crippen LogP contribution in [0.15, 0.2) is 42.5 Å². The Balaban J connectivity index is 1.39. The lowest BCUT2D eigenvalue weighted by Gasteiger charge is -2.23. The molecule has 1 atom stereocenters. The second kappa shape index (κ2) is 8.64. The van der Waals surface area contributed by atoms with Crippen molar-refractivity contribution in [2.75, 3.05) is 26.3 Å². The fourth-order valence-electron chi connectivity index (χ4n) is 3.91. The minimum atomic E-state index is -1.18. The number of halogens is 2. The fourth-order valence-corrected chi connectivity index (χ4v) is 3.91. The first kappa shape index (κ1) is 21.8. The predicted molar refractivity (Wildman–Crippen MR) is 107 cm³/mol. The Hall–Kier alpha value is -3.37. The van der Waals surface area contributed by atoms with E-state index in [1.807, 2.05) is 0 Å². The Labute approximate surface area is 181 Å². The van der Waals surface area contributed by atoms with Gasteiger partial charge in [0, 0.05) is 23.6 Å². The van der Waals surface area contributed by atoms with Crippen molar-refractivity contribution in [3.8, 4) is 11.1 Å². The van der Waals surface area contributed by atoms with Crippen molar-refractivity contribution in [2.24, 2.45) is 0 Å². The zero-order valence-corrected chi connectivity index (χ0v) is 16.8. The summed E-state index contributed by atoms with van der Waals surface area (Å²) in [5.41, 5.74) is 0.866. The molecule has 2 aliphatic heterocycles. The van der Waals surface area contributed by atoms with Crippen LogP contribution in [-0.4, -0.2) is 65.9 Å². The second-order valence-corrected chi connectivity index (χ2v) is 7.57. The smallest absolute Gasteiger partial charge is 0.326 e. The molecule has 168 valence electrons. The van der Waals surface area contributed by atoms with E-state index in [2.05, 4.69) is 5.32 Å². The van der Waals surface area contributed by atoms with Crippen molar-refractivity contribution < 1.29 is 37.7 Å². The zero-order valence-electron chi connectivity index (χ0n) is 16.8. The van der Waals surface area contributed by atoms with Crippen molar-refractivity contribution in [3.63, 3.8) is 0 Å². The summed E-state index contributed by atoms with van der Waals surface area (Å²) in [7, 11) is 0. The van der Waals surface area contributed by atoms with Gasteiger partial charge < -0.3 is 24.8 Å². The predicted octanol–water partition coefficient (Wildman–Crippen LogP) is 1.79. The molecule has 1 spiro atoms. The van der Waals surface area contributed by atoms with Crippen molar-refractivity contribution in [2.45, 2.75) is 18.2 Å². The number of hydrogen-bond acceptors (Lipinski definition) is 5. The van der Waals surface area contributed by atoms with Crippen LogP contribution in [0.3, 0.4) is 0 Å². The topological polar surface area (TPSA) is 105 Å². The highest BCUT2D eigenvalue weighted by Crippen LogP contribution is 2.34. The van der Waals surface area contributed by atoms with Gasteiger partial charge in [-0.05, 0) is 29.8 Å². The van der Waals surface area contributed by atoms with Gasteiger partial charge in [-0.3, -0.25) is 9.59 Å². The minimum absolute atomic E-state index is 0.0173. The number of ether oxygens (including phenoxy) is 2. The Kier molecular flexibility index (Phi) is 5.90. The van der Waals surface area contributed by atoms with Crippen LogP contribution >= 0.6 is 0 Å². The molecule has 2 aromatic rings. The molecule has 0 bridgehead atoms. The van der Waals surface area contributed by atoms with Gasteiger partial charge in [0.05, 0.1) is 26.3 Å². The Bertz CT molecular complexity index is 1050.